The van der Waals surface area contributed by atoms with Crippen molar-refractivity contribution < 1.29 is 14.3 Å². The normalized spacial score (nSPS) is 16.5. The minimum atomic E-state index is -0.0437. The van der Waals surface area contributed by atoms with E-state index in [1.54, 1.807) is 17.2 Å². The van der Waals surface area contributed by atoms with Crippen LogP contribution in [0.1, 0.15) is 34.8 Å². The van der Waals surface area contributed by atoms with E-state index < -0.39 is 0 Å². The van der Waals surface area contributed by atoms with Crippen LogP contribution in [0.4, 0.5) is 5.82 Å². The Hall–Kier alpha value is -2.31. The summed E-state index contributed by atoms with van der Waals surface area (Å²) in [6.07, 6.45) is 3.54. The Morgan fingerprint density at radius 2 is 2.03 bits per heavy atom. The van der Waals surface area contributed by atoms with Gasteiger partial charge in [0, 0.05) is 32.4 Å². The van der Waals surface area contributed by atoms with Gasteiger partial charge in [0.2, 0.25) is 0 Å². The number of amides is 1. The minimum absolute atomic E-state index is 0.0437. The molecule has 0 spiro atoms. The molecular weight excluding hydrogens is 390 g/mol. The first-order chi connectivity index (χ1) is 14.2. The molecule has 6 nitrogen and oxygen atoms in total. The Labute approximate surface area is 176 Å². The number of pyridine rings is 1. The standard InChI is InChI=1S/C22H26ClN3O3/c1-2-9-29-19-4-3-17-15-26(6-5-16(17)12-19)21-20(23)13-18(14-24-21)22(27)25-7-10-28-11-8-25/h3-4,12-14H,2,5-11,15H2,1H3. The van der Waals surface area contributed by atoms with Crippen LogP contribution in [0.2, 0.25) is 5.02 Å². The van der Waals surface area contributed by atoms with Gasteiger partial charge in [-0.1, -0.05) is 24.6 Å². The lowest BCUT2D eigenvalue weighted by Gasteiger charge is -2.31. The molecule has 1 saturated heterocycles. The third kappa shape index (κ3) is 4.49. The number of anilines is 1. The molecule has 29 heavy (non-hydrogen) atoms. The number of fused-ring (bicyclic) bond motifs is 1. The van der Waals surface area contributed by atoms with Crippen molar-refractivity contribution in [2.45, 2.75) is 26.3 Å². The summed E-state index contributed by atoms with van der Waals surface area (Å²) in [6.45, 7) is 6.76. The van der Waals surface area contributed by atoms with Gasteiger partial charge in [-0.25, -0.2) is 4.98 Å². The number of aromatic nitrogens is 1. The van der Waals surface area contributed by atoms with E-state index in [4.69, 9.17) is 21.1 Å². The molecule has 0 radical (unpaired) electrons. The predicted molar refractivity (Wildman–Crippen MR) is 113 cm³/mol. The van der Waals surface area contributed by atoms with Crippen LogP contribution in [0.3, 0.4) is 0 Å². The van der Waals surface area contributed by atoms with E-state index in [1.165, 1.54) is 11.1 Å². The van der Waals surface area contributed by atoms with Crippen LogP contribution < -0.4 is 9.64 Å². The molecule has 0 atom stereocenters. The molecule has 2 aromatic rings. The SMILES string of the molecule is CCCOc1ccc2c(c1)CCN(c1ncc(C(=O)N3CCOCC3)cc1Cl)C2. The van der Waals surface area contributed by atoms with Crippen LogP contribution in [-0.2, 0) is 17.7 Å². The van der Waals surface area contributed by atoms with E-state index in [-0.39, 0.29) is 5.91 Å². The van der Waals surface area contributed by atoms with Crippen LogP contribution >= 0.6 is 11.6 Å². The van der Waals surface area contributed by atoms with E-state index in [0.717, 1.165) is 44.1 Å². The van der Waals surface area contributed by atoms with Gasteiger partial charge in [-0.05, 0) is 42.2 Å². The lowest BCUT2D eigenvalue weighted by molar-refractivity contribution is 0.0302. The number of nitrogens with zero attached hydrogens (tertiary/aromatic N) is 3. The monoisotopic (exact) mass is 415 g/mol. The molecule has 1 fully saturated rings. The summed E-state index contributed by atoms with van der Waals surface area (Å²) >= 11 is 6.54. The molecule has 0 unspecified atom stereocenters. The maximum absolute atomic E-state index is 12.7. The van der Waals surface area contributed by atoms with Gasteiger partial charge in [0.25, 0.3) is 5.91 Å². The zero-order valence-electron chi connectivity index (χ0n) is 16.7. The van der Waals surface area contributed by atoms with Crippen LogP contribution in [0.25, 0.3) is 0 Å². The van der Waals surface area contributed by atoms with E-state index in [2.05, 4.69) is 28.9 Å². The summed E-state index contributed by atoms with van der Waals surface area (Å²) in [4.78, 5) is 21.1. The number of ether oxygens (including phenoxy) is 2. The van der Waals surface area contributed by atoms with Crippen molar-refractivity contribution in [2.75, 3.05) is 44.4 Å². The summed E-state index contributed by atoms with van der Waals surface area (Å²) in [5, 5.41) is 0.510. The fourth-order valence-electron chi connectivity index (χ4n) is 3.75. The first-order valence-corrected chi connectivity index (χ1v) is 10.6. The first-order valence-electron chi connectivity index (χ1n) is 10.2. The Balaban J connectivity index is 1.47. The molecule has 4 rings (SSSR count). The lowest BCUT2D eigenvalue weighted by Crippen LogP contribution is -2.40. The van der Waals surface area contributed by atoms with Gasteiger partial charge >= 0.3 is 0 Å². The summed E-state index contributed by atoms with van der Waals surface area (Å²) in [7, 11) is 0. The third-order valence-corrected chi connectivity index (χ3v) is 5.61. The zero-order valence-corrected chi connectivity index (χ0v) is 17.5. The summed E-state index contributed by atoms with van der Waals surface area (Å²) in [6, 6.07) is 8.02. The second-order valence-corrected chi connectivity index (χ2v) is 7.79. The Kier molecular flexibility index (Phi) is 6.21. The number of carbonyl (C=O) groups excluding carboxylic acids is 1. The highest BCUT2D eigenvalue weighted by molar-refractivity contribution is 6.33. The molecule has 2 aliphatic rings. The number of benzene rings is 1. The quantitative estimate of drug-likeness (QED) is 0.747. The molecule has 1 aromatic carbocycles. The van der Waals surface area contributed by atoms with Crippen molar-refractivity contribution in [3.05, 3.63) is 52.2 Å². The first kappa shape index (κ1) is 20.0. The molecule has 154 valence electrons. The number of halogens is 1. The van der Waals surface area contributed by atoms with E-state index in [1.807, 2.05) is 6.07 Å². The minimum Gasteiger partial charge on any atom is -0.494 e. The lowest BCUT2D eigenvalue weighted by atomic mass is 9.99. The van der Waals surface area contributed by atoms with Crippen molar-refractivity contribution in [1.29, 1.82) is 0 Å². The van der Waals surface area contributed by atoms with Gasteiger partial charge in [-0.15, -0.1) is 0 Å². The van der Waals surface area contributed by atoms with Crippen molar-refractivity contribution >= 4 is 23.3 Å². The number of hydrogen-bond donors (Lipinski definition) is 0. The number of carbonyl (C=O) groups is 1. The predicted octanol–water partition coefficient (Wildman–Crippen LogP) is 3.56. The Bertz CT molecular complexity index is 884. The van der Waals surface area contributed by atoms with Crippen molar-refractivity contribution in [2.24, 2.45) is 0 Å². The molecule has 1 aromatic heterocycles. The van der Waals surface area contributed by atoms with Crippen molar-refractivity contribution in [1.82, 2.24) is 9.88 Å². The van der Waals surface area contributed by atoms with Gasteiger partial charge < -0.3 is 19.3 Å². The highest BCUT2D eigenvalue weighted by Crippen LogP contribution is 2.31. The van der Waals surface area contributed by atoms with Gasteiger partial charge in [-0.3, -0.25) is 4.79 Å². The third-order valence-electron chi connectivity index (χ3n) is 5.33. The van der Waals surface area contributed by atoms with Gasteiger partial charge in [0.15, 0.2) is 0 Å². The molecule has 7 heteroatoms. The highest BCUT2D eigenvalue weighted by atomic mass is 35.5. The highest BCUT2D eigenvalue weighted by Gasteiger charge is 2.23. The molecule has 1 amide bonds. The second kappa shape index (κ2) is 9.01. The summed E-state index contributed by atoms with van der Waals surface area (Å²) < 4.78 is 11.1. The van der Waals surface area contributed by atoms with Crippen molar-refractivity contribution in [3.8, 4) is 5.75 Å². The molecule has 0 N–H and O–H groups in total. The molecule has 2 aliphatic heterocycles. The fraction of sp³-hybridized carbons (Fsp3) is 0.455. The van der Waals surface area contributed by atoms with Crippen molar-refractivity contribution in [3.63, 3.8) is 0 Å². The zero-order chi connectivity index (χ0) is 20.2. The molecule has 0 bridgehead atoms. The Morgan fingerprint density at radius 1 is 1.21 bits per heavy atom. The molecule has 3 heterocycles. The fourth-order valence-corrected chi connectivity index (χ4v) is 4.04. The average Bonchev–Trinajstić information content (AvgIpc) is 2.77. The smallest absolute Gasteiger partial charge is 0.255 e. The Morgan fingerprint density at radius 3 is 2.79 bits per heavy atom. The van der Waals surface area contributed by atoms with E-state index in [9.17, 15) is 4.79 Å². The van der Waals surface area contributed by atoms with Crippen LogP contribution in [0, 0.1) is 0 Å². The summed E-state index contributed by atoms with van der Waals surface area (Å²) in [5.41, 5.74) is 3.09. The number of rotatable bonds is 5. The number of morpholine rings is 1. The largest absolute Gasteiger partial charge is 0.494 e. The number of hydrogen-bond acceptors (Lipinski definition) is 5. The van der Waals surface area contributed by atoms with Crippen LogP contribution in [0.15, 0.2) is 30.5 Å². The molecular formula is C22H26ClN3O3. The topological polar surface area (TPSA) is 54.9 Å². The molecule has 0 saturated carbocycles. The maximum Gasteiger partial charge on any atom is 0.255 e. The average molecular weight is 416 g/mol. The van der Waals surface area contributed by atoms with E-state index in [0.29, 0.717) is 36.9 Å². The van der Waals surface area contributed by atoms with Crippen LogP contribution in [0.5, 0.6) is 5.75 Å². The van der Waals surface area contributed by atoms with Gasteiger partial charge in [0.05, 0.1) is 30.4 Å². The van der Waals surface area contributed by atoms with Gasteiger partial charge in [0.1, 0.15) is 11.6 Å². The maximum atomic E-state index is 12.7. The summed E-state index contributed by atoms with van der Waals surface area (Å²) in [5.74, 6) is 1.61. The van der Waals surface area contributed by atoms with Gasteiger partial charge in [-0.2, -0.15) is 0 Å². The molecule has 0 aliphatic carbocycles. The second-order valence-electron chi connectivity index (χ2n) is 7.38. The van der Waals surface area contributed by atoms with E-state index >= 15 is 0 Å². The van der Waals surface area contributed by atoms with Crippen LogP contribution in [-0.4, -0.2) is 55.2 Å².